The molecule has 2 heteroatoms. The number of methoxy groups -OCH3 is 1. The minimum Gasteiger partial charge on any atom is -0.497 e. The van der Waals surface area contributed by atoms with Crippen molar-refractivity contribution in [1.29, 1.82) is 0 Å². The van der Waals surface area contributed by atoms with Gasteiger partial charge in [0.25, 0.3) is 0 Å². The molecule has 1 aromatic rings. The van der Waals surface area contributed by atoms with Crippen LogP contribution in [0.5, 0.6) is 5.75 Å². The maximum atomic E-state index is 5.34. The predicted octanol–water partition coefficient (Wildman–Crippen LogP) is 3.41. The monoisotopic (exact) mass is 259 g/mol. The summed E-state index contributed by atoms with van der Waals surface area (Å²) >= 11 is 0. The van der Waals surface area contributed by atoms with Gasteiger partial charge in [0, 0.05) is 12.6 Å². The Hall–Kier alpha value is -1.02. The minimum absolute atomic E-state index is 0.412. The average Bonchev–Trinajstić information content (AvgIpc) is 3.30. The Morgan fingerprint density at radius 2 is 2.05 bits per heavy atom. The fraction of sp³-hybridized carbons (Fsp3) is 0.647. The first-order valence-corrected chi connectivity index (χ1v) is 7.56. The molecule has 2 saturated carbocycles. The summed E-state index contributed by atoms with van der Waals surface area (Å²) in [5.41, 5.74) is 1.82. The van der Waals surface area contributed by atoms with Crippen LogP contribution in [0.15, 0.2) is 24.3 Å². The molecule has 2 aliphatic carbocycles. The summed E-state index contributed by atoms with van der Waals surface area (Å²) in [6, 6.07) is 9.37. The molecular formula is C17H25NO. The van der Waals surface area contributed by atoms with Crippen molar-refractivity contribution in [2.75, 3.05) is 13.7 Å². The largest absolute Gasteiger partial charge is 0.497 e. The van der Waals surface area contributed by atoms with Crippen LogP contribution in [0.25, 0.3) is 0 Å². The number of nitrogens with one attached hydrogen (secondary N) is 1. The number of benzene rings is 1. The van der Waals surface area contributed by atoms with Gasteiger partial charge in [-0.1, -0.05) is 19.1 Å². The highest BCUT2D eigenvalue weighted by molar-refractivity contribution is 5.29. The summed E-state index contributed by atoms with van der Waals surface area (Å²) in [5, 5.41) is 3.74. The van der Waals surface area contributed by atoms with Gasteiger partial charge in [-0.05, 0) is 61.1 Å². The maximum Gasteiger partial charge on any atom is 0.119 e. The summed E-state index contributed by atoms with van der Waals surface area (Å²) in [4.78, 5) is 0. The average molecular weight is 259 g/mol. The molecule has 0 radical (unpaired) electrons. The van der Waals surface area contributed by atoms with Crippen LogP contribution in [0, 0.1) is 11.3 Å². The smallest absolute Gasteiger partial charge is 0.119 e. The van der Waals surface area contributed by atoms with Gasteiger partial charge in [0.15, 0.2) is 0 Å². The number of rotatable bonds is 7. The lowest BCUT2D eigenvalue weighted by molar-refractivity contribution is 0.254. The van der Waals surface area contributed by atoms with Crippen molar-refractivity contribution in [2.24, 2.45) is 11.3 Å². The molecule has 0 saturated heterocycles. The molecule has 1 aromatic carbocycles. The lowest BCUT2D eigenvalue weighted by Crippen LogP contribution is -2.36. The molecule has 0 heterocycles. The van der Waals surface area contributed by atoms with Crippen molar-refractivity contribution in [2.45, 2.75) is 45.1 Å². The highest BCUT2D eigenvalue weighted by atomic mass is 16.5. The van der Waals surface area contributed by atoms with Crippen LogP contribution in [0.4, 0.5) is 0 Å². The van der Waals surface area contributed by atoms with E-state index >= 15 is 0 Å². The van der Waals surface area contributed by atoms with Gasteiger partial charge in [0.2, 0.25) is 0 Å². The lowest BCUT2D eigenvalue weighted by Gasteiger charge is -2.30. The van der Waals surface area contributed by atoms with Gasteiger partial charge in [-0.2, -0.15) is 0 Å². The third kappa shape index (κ3) is 3.30. The van der Waals surface area contributed by atoms with Crippen molar-refractivity contribution in [3.8, 4) is 5.75 Å². The minimum atomic E-state index is 0.412. The van der Waals surface area contributed by atoms with Crippen molar-refractivity contribution in [3.63, 3.8) is 0 Å². The molecule has 1 unspecified atom stereocenters. The van der Waals surface area contributed by atoms with E-state index in [1.54, 1.807) is 7.11 Å². The van der Waals surface area contributed by atoms with Crippen LogP contribution >= 0.6 is 0 Å². The Morgan fingerprint density at radius 1 is 1.26 bits per heavy atom. The zero-order valence-electron chi connectivity index (χ0n) is 12.1. The van der Waals surface area contributed by atoms with E-state index in [2.05, 4.69) is 30.4 Å². The van der Waals surface area contributed by atoms with E-state index in [1.165, 1.54) is 37.8 Å². The van der Waals surface area contributed by atoms with Gasteiger partial charge in [-0.25, -0.2) is 0 Å². The first kappa shape index (κ1) is 13.0. The first-order chi connectivity index (χ1) is 9.19. The molecule has 2 fully saturated rings. The van der Waals surface area contributed by atoms with Crippen molar-refractivity contribution in [3.05, 3.63) is 29.8 Å². The molecule has 0 amide bonds. The molecular weight excluding hydrogens is 234 g/mol. The molecule has 0 aromatic heterocycles. The highest BCUT2D eigenvalue weighted by Gasteiger charge is 2.42. The second kappa shape index (κ2) is 5.16. The highest BCUT2D eigenvalue weighted by Crippen LogP contribution is 2.47. The van der Waals surface area contributed by atoms with Crippen molar-refractivity contribution in [1.82, 2.24) is 5.32 Å². The first-order valence-electron chi connectivity index (χ1n) is 7.56. The second-order valence-corrected chi connectivity index (χ2v) is 6.61. The second-order valence-electron chi connectivity index (χ2n) is 6.61. The number of hydrogen-bond acceptors (Lipinski definition) is 2. The Bertz CT molecular complexity index is 437. The van der Waals surface area contributed by atoms with Gasteiger partial charge in [0.1, 0.15) is 5.75 Å². The van der Waals surface area contributed by atoms with Crippen LogP contribution in [0.3, 0.4) is 0 Å². The van der Waals surface area contributed by atoms with E-state index in [0.29, 0.717) is 5.41 Å². The summed E-state index contributed by atoms with van der Waals surface area (Å²) in [5.74, 6) is 1.88. The summed E-state index contributed by atoms with van der Waals surface area (Å²) < 4.78 is 5.34. The Morgan fingerprint density at radius 3 is 2.68 bits per heavy atom. The topological polar surface area (TPSA) is 21.3 Å². The normalized spacial score (nSPS) is 22.0. The van der Waals surface area contributed by atoms with E-state index in [1.807, 2.05) is 6.07 Å². The molecule has 2 aliphatic rings. The Labute approximate surface area is 116 Å². The van der Waals surface area contributed by atoms with Crippen LogP contribution in [-0.4, -0.2) is 19.7 Å². The fourth-order valence-corrected chi connectivity index (χ4v) is 3.05. The molecule has 0 aliphatic heterocycles. The van der Waals surface area contributed by atoms with Crippen LogP contribution in [0.2, 0.25) is 0 Å². The van der Waals surface area contributed by atoms with E-state index < -0.39 is 0 Å². The van der Waals surface area contributed by atoms with Crippen molar-refractivity contribution >= 4 is 0 Å². The lowest BCUT2D eigenvalue weighted by atomic mass is 9.78. The molecule has 1 N–H and O–H groups in total. The zero-order valence-corrected chi connectivity index (χ0v) is 12.1. The van der Waals surface area contributed by atoms with Crippen LogP contribution < -0.4 is 10.1 Å². The number of ether oxygens (including phenoxy) is 1. The van der Waals surface area contributed by atoms with E-state index in [4.69, 9.17) is 4.74 Å². The quantitative estimate of drug-likeness (QED) is 0.810. The molecule has 3 rings (SSSR count). The molecule has 104 valence electrons. The summed E-state index contributed by atoms with van der Waals surface area (Å²) in [7, 11) is 1.74. The van der Waals surface area contributed by atoms with E-state index in [0.717, 1.165) is 24.1 Å². The van der Waals surface area contributed by atoms with Crippen molar-refractivity contribution < 1.29 is 4.74 Å². The molecule has 2 nitrogen and oxygen atoms in total. The zero-order chi connectivity index (χ0) is 13.3. The maximum absolute atomic E-state index is 5.34. The van der Waals surface area contributed by atoms with Gasteiger partial charge < -0.3 is 10.1 Å². The standard InChI is InChI=1S/C17H25NO/c1-17(14-6-7-14,12-18-15-8-9-15)11-13-4-3-5-16(10-13)19-2/h3-5,10,14-15,18H,6-9,11-12H2,1-2H3. The molecule has 1 atom stereocenters. The van der Waals surface area contributed by atoms with E-state index in [-0.39, 0.29) is 0 Å². The molecule has 19 heavy (non-hydrogen) atoms. The summed E-state index contributed by atoms with van der Waals surface area (Å²) in [6.45, 7) is 3.62. The predicted molar refractivity (Wildman–Crippen MR) is 78.6 cm³/mol. The number of hydrogen-bond donors (Lipinski definition) is 1. The van der Waals surface area contributed by atoms with Gasteiger partial charge >= 0.3 is 0 Å². The van der Waals surface area contributed by atoms with Gasteiger partial charge in [-0.3, -0.25) is 0 Å². The Balaban J connectivity index is 1.68. The van der Waals surface area contributed by atoms with Crippen LogP contribution in [-0.2, 0) is 6.42 Å². The van der Waals surface area contributed by atoms with Gasteiger partial charge in [-0.15, -0.1) is 0 Å². The SMILES string of the molecule is COc1cccc(CC(C)(CNC2CC2)C2CC2)c1. The van der Waals surface area contributed by atoms with Crippen LogP contribution in [0.1, 0.15) is 38.2 Å². The van der Waals surface area contributed by atoms with E-state index in [9.17, 15) is 0 Å². The third-order valence-corrected chi connectivity index (χ3v) is 4.68. The van der Waals surface area contributed by atoms with Gasteiger partial charge in [0.05, 0.1) is 7.11 Å². The third-order valence-electron chi connectivity index (χ3n) is 4.68. The Kier molecular flexibility index (Phi) is 3.53. The molecule has 0 bridgehead atoms. The summed E-state index contributed by atoms with van der Waals surface area (Å²) in [6.07, 6.45) is 6.73. The fourth-order valence-electron chi connectivity index (χ4n) is 3.05. The molecule has 0 spiro atoms.